The standard InChI is InChI=1S/C13H21FN2O2/c1-10(15)13(16(6-8-17)7-9-18)11-2-4-12(14)5-3-11/h2-5,10,13,17-18H,6-9,15H2,1H3. The third kappa shape index (κ3) is 4.03. The molecule has 2 atom stereocenters. The highest BCUT2D eigenvalue weighted by Crippen LogP contribution is 2.23. The zero-order valence-corrected chi connectivity index (χ0v) is 10.6. The summed E-state index contributed by atoms with van der Waals surface area (Å²) in [6, 6.07) is 5.82. The second kappa shape index (κ2) is 7.43. The monoisotopic (exact) mass is 256 g/mol. The topological polar surface area (TPSA) is 69.7 Å². The Balaban J connectivity index is 2.95. The molecule has 102 valence electrons. The highest BCUT2D eigenvalue weighted by Gasteiger charge is 2.23. The highest BCUT2D eigenvalue weighted by molar-refractivity contribution is 5.21. The second-order valence-electron chi connectivity index (χ2n) is 4.34. The molecule has 2 unspecified atom stereocenters. The molecule has 18 heavy (non-hydrogen) atoms. The molecule has 0 aliphatic carbocycles. The number of nitrogens with zero attached hydrogens (tertiary/aromatic N) is 1. The zero-order chi connectivity index (χ0) is 13.5. The van der Waals surface area contributed by atoms with E-state index in [1.165, 1.54) is 12.1 Å². The van der Waals surface area contributed by atoms with Crippen LogP contribution in [0.2, 0.25) is 0 Å². The summed E-state index contributed by atoms with van der Waals surface area (Å²) in [6.45, 7) is 2.68. The van der Waals surface area contributed by atoms with Crippen molar-refractivity contribution in [2.75, 3.05) is 26.3 Å². The van der Waals surface area contributed by atoms with E-state index < -0.39 is 0 Å². The third-order valence-electron chi connectivity index (χ3n) is 2.88. The molecule has 1 aromatic rings. The molecule has 5 heteroatoms. The van der Waals surface area contributed by atoms with Gasteiger partial charge in [-0.15, -0.1) is 0 Å². The van der Waals surface area contributed by atoms with Crippen molar-refractivity contribution >= 4 is 0 Å². The van der Waals surface area contributed by atoms with E-state index >= 15 is 0 Å². The Bertz CT molecular complexity index is 337. The van der Waals surface area contributed by atoms with Crippen LogP contribution in [0, 0.1) is 5.82 Å². The maximum atomic E-state index is 12.9. The van der Waals surface area contributed by atoms with Gasteiger partial charge >= 0.3 is 0 Å². The van der Waals surface area contributed by atoms with E-state index in [1.54, 1.807) is 12.1 Å². The molecule has 0 aliphatic rings. The first-order chi connectivity index (χ1) is 8.60. The number of nitrogens with two attached hydrogens (primary N) is 1. The van der Waals surface area contributed by atoms with Crippen LogP contribution >= 0.6 is 0 Å². The maximum absolute atomic E-state index is 12.9. The van der Waals surface area contributed by atoms with E-state index in [0.29, 0.717) is 13.1 Å². The van der Waals surface area contributed by atoms with Gasteiger partial charge in [0.2, 0.25) is 0 Å². The lowest BCUT2D eigenvalue weighted by atomic mass is 9.99. The van der Waals surface area contributed by atoms with Crippen molar-refractivity contribution in [2.45, 2.75) is 19.0 Å². The fourth-order valence-electron chi connectivity index (χ4n) is 2.15. The van der Waals surface area contributed by atoms with Gasteiger partial charge in [0.25, 0.3) is 0 Å². The lowest BCUT2D eigenvalue weighted by Gasteiger charge is -2.33. The fourth-order valence-corrected chi connectivity index (χ4v) is 2.15. The molecule has 0 saturated carbocycles. The number of halogens is 1. The van der Waals surface area contributed by atoms with Gasteiger partial charge in [-0.1, -0.05) is 12.1 Å². The summed E-state index contributed by atoms with van der Waals surface area (Å²) in [7, 11) is 0. The van der Waals surface area contributed by atoms with Crippen LogP contribution in [0.15, 0.2) is 24.3 Å². The van der Waals surface area contributed by atoms with E-state index in [9.17, 15) is 4.39 Å². The van der Waals surface area contributed by atoms with Crippen molar-refractivity contribution < 1.29 is 14.6 Å². The van der Waals surface area contributed by atoms with Crippen molar-refractivity contribution in [3.63, 3.8) is 0 Å². The lowest BCUT2D eigenvalue weighted by molar-refractivity contribution is 0.111. The molecule has 0 aliphatic heterocycles. The number of rotatable bonds is 7. The van der Waals surface area contributed by atoms with Crippen LogP contribution in [-0.4, -0.2) is 47.5 Å². The lowest BCUT2D eigenvalue weighted by Crippen LogP contribution is -2.42. The quantitative estimate of drug-likeness (QED) is 0.664. The van der Waals surface area contributed by atoms with E-state index in [4.69, 9.17) is 15.9 Å². The SMILES string of the molecule is CC(N)C(c1ccc(F)cc1)N(CCO)CCO. The minimum atomic E-state index is -0.293. The van der Waals surface area contributed by atoms with Crippen molar-refractivity contribution in [3.05, 3.63) is 35.6 Å². The largest absolute Gasteiger partial charge is 0.395 e. The van der Waals surface area contributed by atoms with Gasteiger partial charge < -0.3 is 15.9 Å². The molecule has 1 rings (SSSR count). The average molecular weight is 256 g/mol. The van der Waals surface area contributed by atoms with Crippen molar-refractivity contribution in [2.24, 2.45) is 5.73 Å². The van der Waals surface area contributed by atoms with Gasteiger partial charge in [0.05, 0.1) is 13.2 Å². The van der Waals surface area contributed by atoms with Gasteiger partial charge in [0.15, 0.2) is 0 Å². The summed E-state index contributed by atoms with van der Waals surface area (Å²) in [5.74, 6) is -0.293. The minimum absolute atomic E-state index is 0.00951. The maximum Gasteiger partial charge on any atom is 0.123 e. The summed E-state index contributed by atoms with van der Waals surface area (Å²) >= 11 is 0. The van der Waals surface area contributed by atoms with Crippen molar-refractivity contribution in [1.29, 1.82) is 0 Å². The summed E-state index contributed by atoms with van der Waals surface area (Å²) in [4.78, 5) is 1.90. The van der Waals surface area contributed by atoms with Crippen LogP contribution in [0.3, 0.4) is 0 Å². The van der Waals surface area contributed by atoms with Crippen LogP contribution in [0.1, 0.15) is 18.5 Å². The fraction of sp³-hybridized carbons (Fsp3) is 0.538. The van der Waals surface area contributed by atoms with Crippen LogP contribution in [-0.2, 0) is 0 Å². The van der Waals surface area contributed by atoms with Gasteiger partial charge in [-0.2, -0.15) is 0 Å². The minimum Gasteiger partial charge on any atom is -0.395 e. The molecule has 1 aromatic carbocycles. The molecule has 0 bridgehead atoms. The number of hydrogen-bond acceptors (Lipinski definition) is 4. The molecule has 4 N–H and O–H groups in total. The molecule has 0 aromatic heterocycles. The molecule has 0 radical (unpaired) electrons. The van der Waals surface area contributed by atoms with Crippen LogP contribution in [0.4, 0.5) is 4.39 Å². The Labute approximate surface area is 107 Å². The first kappa shape index (κ1) is 15.0. The average Bonchev–Trinajstić information content (AvgIpc) is 2.32. The summed E-state index contributed by atoms with van der Waals surface area (Å²) in [5.41, 5.74) is 6.85. The van der Waals surface area contributed by atoms with Crippen LogP contribution in [0.25, 0.3) is 0 Å². The first-order valence-electron chi connectivity index (χ1n) is 6.07. The Morgan fingerprint density at radius 2 is 1.67 bits per heavy atom. The number of aliphatic hydroxyl groups is 2. The Kier molecular flexibility index (Phi) is 6.21. The Morgan fingerprint density at radius 1 is 1.17 bits per heavy atom. The number of hydrogen-bond donors (Lipinski definition) is 3. The van der Waals surface area contributed by atoms with Gasteiger partial charge in [0, 0.05) is 25.2 Å². The highest BCUT2D eigenvalue weighted by atomic mass is 19.1. The smallest absolute Gasteiger partial charge is 0.123 e. The molecular formula is C13H21FN2O2. The molecule has 0 spiro atoms. The van der Waals surface area contributed by atoms with E-state index in [0.717, 1.165) is 5.56 Å². The Morgan fingerprint density at radius 3 is 2.06 bits per heavy atom. The van der Waals surface area contributed by atoms with Gasteiger partial charge in [-0.3, -0.25) is 4.90 Å². The molecule has 0 saturated heterocycles. The van der Waals surface area contributed by atoms with Crippen LogP contribution in [0.5, 0.6) is 0 Å². The van der Waals surface area contributed by atoms with Crippen molar-refractivity contribution in [1.82, 2.24) is 4.90 Å². The normalized spacial score (nSPS) is 14.8. The van der Waals surface area contributed by atoms with E-state index in [-0.39, 0.29) is 31.1 Å². The molecule has 0 heterocycles. The van der Waals surface area contributed by atoms with Gasteiger partial charge in [-0.25, -0.2) is 4.39 Å². The predicted octanol–water partition coefficient (Wildman–Crippen LogP) is 0.501. The molecule has 0 fully saturated rings. The van der Waals surface area contributed by atoms with Crippen LogP contribution < -0.4 is 5.73 Å². The predicted molar refractivity (Wildman–Crippen MR) is 68.5 cm³/mol. The second-order valence-corrected chi connectivity index (χ2v) is 4.34. The summed E-state index contributed by atoms with van der Waals surface area (Å²) < 4.78 is 12.9. The number of benzene rings is 1. The molecular weight excluding hydrogens is 235 g/mol. The zero-order valence-electron chi connectivity index (χ0n) is 10.6. The third-order valence-corrected chi connectivity index (χ3v) is 2.88. The van der Waals surface area contributed by atoms with E-state index in [2.05, 4.69) is 0 Å². The van der Waals surface area contributed by atoms with Crippen molar-refractivity contribution in [3.8, 4) is 0 Å². The first-order valence-corrected chi connectivity index (χ1v) is 6.07. The summed E-state index contributed by atoms with van der Waals surface area (Å²) in [5, 5.41) is 18.1. The molecule has 4 nitrogen and oxygen atoms in total. The van der Waals surface area contributed by atoms with Gasteiger partial charge in [0.1, 0.15) is 5.82 Å². The van der Waals surface area contributed by atoms with Gasteiger partial charge in [-0.05, 0) is 24.6 Å². The number of aliphatic hydroxyl groups excluding tert-OH is 2. The summed E-state index contributed by atoms with van der Waals surface area (Å²) in [6.07, 6.45) is 0. The van der Waals surface area contributed by atoms with E-state index in [1.807, 2.05) is 11.8 Å². The molecule has 0 amide bonds. The Hall–Kier alpha value is -1.01.